The fraction of sp³-hybridized carbons (Fsp3) is 0.600. The van der Waals surface area contributed by atoms with E-state index in [9.17, 15) is 10.1 Å². The van der Waals surface area contributed by atoms with Crippen LogP contribution in [0.15, 0.2) is 18.2 Å². The van der Waals surface area contributed by atoms with Crippen molar-refractivity contribution in [3.05, 3.63) is 28.3 Å². The van der Waals surface area contributed by atoms with E-state index in [1.54, 1.807) is 6.07 Å². The molecule has 1 aliphatic rings. The largest absolute Gasteiger partial charge is 0.493 e. The summed E-state index contributed by atoms with van der Waals surface area (Å²) in [6.07, 6.45) is 2.45. The van der Waals surface area contributed by atoms with Crippen LogP contribution in [-0.2, 0) is 0 Å². The third-order valence-corrected chi connectivity index (χ3v) is 3.90. The maximum atomic E-state index is 10.8. The van der Waals surface area contributed by atoms with E-state index in [1.165, 1.54) is 32.1 Å². The number of nitro groups is 1. The monoisotopic (exact) mass is 294 g/mol. The van der Waals surface area contributed by atoms with E-state index in [2.05, 4.69) is 18.7 Å². The summed E-state index contributed by atoms with van der Waals surface area (Å²) in [5, 5.41) is 10.8. The molecule has 0 aromatic heterocycles. The average Bonchev–Trinajstić information content (AvgIpc) is 3.00. The highest BCUT2D eigenvalue weighted by molar-refractivity contribution is 5.48. The molecule has 0 amide bonds. The van der Waals surface area contributed by atoms with E-state index in [-0.39, 0.29) is 11.2 Å². The Labute approximate surface area is 124 Å². The first kappa shape index (κ1) is 15.6. The van der Waals surface area contributed by atoms with E-state index in [0.717, 1.165) is 13.1 Å². The third-order valence-electron chi connectivity index (χ3n) is 3.90. The molecule has 0 N–H and O–H groups in total. The zero-order chi connectivity index (χ0) is 15.5. The lowest BCUT2D eigenvalue weighted by Crippen LogP contribution is -2.46. The lowest BCUT2D eigenvalue weighted by molar-refractivity contribution is -0.385. The summed E-state index contributed by atoms with van der Waals surface area (Å²) in [5.74, 6) is 0.928. The number of hydrogen-bond donors (Lipinski definition) is 0. The Kier molecular flexibility index (Phi) is 4.67. The number of ether oxygens (including phenoxy) is 2. The van der Waals surface area contributed by atoms with Crippen LogP contribution in [0.5, 0.6) is 11.5 Å². The normalized spacial score (nSPS) is 16.0. The van der Waals surface area contributed by atoms with Crippen LogP contribution < -0.4 is 9.47 Å². The maximum absolute atomic E-state index is 10.8. The van der Waals surface area contributed by atoms with Crippen molar-refractivity contribution < 1.29 is 14.4 Å². The molecule has 0 spiro atoms. The molecule has 0 unspecified atom stereocenters. The molecule has 0 radical (unpaired) electrons. The van der Waals surface area contributed by atoms with Crippen LogP contribution in [0.4, 0.5) is 5.69 Å². The van der Waals surface area contributed by atoms with Crippen molar-refractivity contribution in [1.29, 1.82) is 0 Å². The molecule has 1 heterocycles. The van der Waals surface area contributed by atoms with Crippen LogP contribution in [0, 0.1) is 10.1 Å². The first-order chi connectivity index (χ1) is 9.94. The zero-order valence-corrected chi connectivity index (χ0v) is 12.8. The lowest BCUT2D eigenvalue weighted by Gasteiger charge is -2.35. The van der Waals surface area contributed by atoms with Gasteiger partial charge in [-0.25, -0.2) is 0 Å². The second-order valence-electron chi connectivity index (χ2n) is 5.89. The minimum atomic E-state index is -0.444. The quantitative estimate of drug-likeness (QED) is 0.596. The van der Waals surface area contributed by atoms with Gasteiger partial charge in [0.1, 0.15) is 6.61 Å². The van der Waals surface area contributed by atoms with Crippen molar-refractivity contribution in [2.75, 3.05) is 26.8 Å². The van der Waals surface area contributed by atoms with Crippen LogP contribution in [0.1, 0.15) is 26.7 Å². The van der Waals surface area contributed by atoms with E-state index in [0.29, 0.717) is 18.1 Å². The lowest BCUT2D eigenvalue weighted by atomic mass is 10.1. The molecule has 1 aliphatic heterocycles. The number of rotatable bonds is 6. The summed E-state index contributed by atoms with van der Waals surface area (Å²) in [6, 6.07) is 4.41. The Balaban J connectivity index is 2.07. The first-order valence-electron chi connectivity index (χ1n) is 7.14. The summed E-state index contributed by atoms with van der Waals surface area (Å²) >= 11 is 0. The number of non-ortho nitro benzene ring substituents is 1. The molecule has 1 aromatic carbocycles. The number of likely N-dealkylation sites (tertiary alicyclic amines) is 1. The van der Waals surface area contributed by atoms with Crippen molar-refractivity contribution >= 4 is 5.69 Å². The highest BCUT2D eigenvalue weighted by Crippen LogP contribution is 2.32. The summed E-state index contributed by atoms with van der Waals surface area (Å²) in [6.45, 7) is 7.00. The summed E-state index contributed by atoms with van der Waals surface area (Å²) in [5.41, 5.74) is -0.0680. The van der Waals surface area contributed by atoms with Gasteiger partial charge >= 0.3 is 0 Å². The molecule has 1 aromatic rings. The number of nitro benzene ring substituents is 1. The topological polar surface area (TPSA) is 64.8 Å². The van der Waals surface area contributed by atoms with E-state index in [4.69, 9.17) is 9.47 Å². The second kappa shape index (κ2) is 6.30. The number of methoxy groups -OCH3 is 1. The van der Waals surface area contributed by atoms with Crippen molar-refractivity contribution in [3.63, 3.8) is 0 Å². The number of nitrogens with zero attached hydrogens (tertiary/aromatic N) is 2. The fourth-order valence-corrected chi connectivity index (χ4v) is 2.56. The van der Waals surface area contributed by atoms with Gasteiger partial charge in [0.15, 0.2) is 11.5 Å². The molecule has 1 saturated heterocycles. The Hall–Kier alpha value is -1.82. The Morgan fingerprint density at radius 2 is 1.95 bits per heavy atom. The van der Waals surface area contributed by atoms with Gasteiger partial charge in [-0.1, -0.05) is 0 Å². The molecule has 0 aliphatic carbocycles. The highest BCUT2D eigenvalue weighted by Gasteiger charge is 2.30. The Bertz CT molecular complexity index is 510. The highest BCUT2D eigenvalue weighted by atomic mass is 16.6. The molecular formula is C15H22N2O4. The molecule has 0 atom stereocenters. The Morgan fingerprint density at radius 3 is 2.52 bits per heavy atom. The molecule has 21 heavy (non-hydrogen) atoms. The Morgan fingerprint density at radius 1 is 1.29 bits per heavy atom. The molecule has 0 bridgehead atoms. The van der Waals surface area contributed by atoms with Gasteiger partial charge in [-0.05, 0) is 45.8 Å². The summed E-state index contributed by atoms with van der Waals surface area (Å²) in [4.78, 5) is 12.7. The summed E-state index contributed by atoms with van der Waals surface area (Å²) in [7, 11) is 1.48. The van der Waals surface area contributed by atoms with Gasteiger partial charge in [0.05, 0.1) is 18.1 Å². The predicted molar refractivity (Wildman–Crippen MR) is 80.0 cm³/mol. The van der Waals surface area contributed by atoms with Gasteiger partial charge in [0.25, 0.3) is 5.69 Å². The molecular weight excluding hydrogens is 272 g/mol. The van der Waals surface area contributed by atoms with E-state index < -0.39 is 4.92 Å². The second-order valence-corrected chi connectivity index (χ2v) is 5.89. The van der Waals surface area contributed by atoms with Gasteiger partial charge in [-0.3, -0.25) is 15.0 Å². The number of hydrogen-bond acceptors (Lipinski definition) is 5. The van der Waals surface area contributed by atoms with Crippen molar-refractivity contribution in [2.24, 2.45) is 0 Å². The number of benzene rings is 1. The zero-order valence-electron chi connectivity index (χ0n) is 12.8. The van der Waals surface area contributed by atoms with Gasteiger partial charge < -0.3 is 9.47 Å². The van der Waals surface area contributed by atoms with Gasteiger partial charge in [-0.15, -0.1) is 0 Å². The third kappa shape index (κ3) is 3.64. The molecule has 6 nitrogen and oxygen atoms in total. The summed E-state index contributed by atoms with van der Waals surface area (Å²) < 4.78 is 11.0. The molecule has 6 heteroatoms. The van der Waals surface area contributed by atoms with Crippen LogP contribution in [-0.4, -0.2) is 42.2 Å². The minimum Gasteiger partial charge on any atom is -0.493 e. The molecule has 0 saturated carbocycles. The maximum Gasteiger partial charge on any atom is 0.273 e. The van der Waals surface area contributed by atoms with Crippen molar-refractivity contribution in [3.8, 4) is 11.5 Å². The molecule has 2 rings (SSSR count). The fourth-order valence-electron chi connectivity index (χ4n) is 2.56. The van der Waals surface area contributed by atoms with Crippen LogP contribution in [0.2, 0.25) is 0 Å². The minimum absolute atomic E-state index is 0.00185. The molecule has 116 valence electrons. The predicted octanol–water partition coefficient (Wildman–Crippen LogP) is 2.86. The van der Waals surface area contributed by atoms with Gasteiger partial charge in [0.2, 0.25) is 0 Å². The van der Waals surface area contributed by atoms with Crippen LogP contribution in [0.3, 0.4) is 0 Å². The van der Waals surface area contributed by atoms with E-state index >= 15 is 0 Å². The van der Waals surface area contributed by atoms with Crippen LogP contribution >= 0.6 is 0 Å². The molecule has 1 fully saturated rings. The first-order valence-corrected chi connectivity index (χ1v) is 7.14. The average molecular weight is 294 g/mol. The SMILES string of the molecule is COc1cc([N+](=O)[O-])ccc1OCC(C)(C)N1CCCC1. The van der Waals surface area contributed by atoms with Gasteiger partial charge in [-0.2, -0.15) is 0 Å². The smallest absolute Gasteiger partial charge is 0.273 e. The van der Waals surface area contributed by atoms with Gasteiger partial charge in [0, 0.05) is 11.6 Å². The van der Waals surface area contributed by atoms with Crippen molar-refractivity contribution in [2.45, 2.75) is 32.2 Å². The van der Waals surface area contributed by atoms with E-state index in [1.807, 2.05) is 0 Å². The van der Waals surface area contributed by atoms with Crippen LogP contribution in [0.25, 0.3) is 0 Å². The van der Waals surface area contributed by atoms with Crippen molar-refractivity contribution in [1.82, 2.24) is 4.90 Å². The standard InChI is InChI=1S/C15H22N2O4/c1-15(2,16-8-4-5-9-16)11-21-13-7-6-12(17(18)19)10-14(13)20-3/h6-7,10H,4-5,8-9,11H2,1-3H3.